The second-order valence-electron chi connectivity index (χ2n) is 6.25. The van der Waals surface area contributed by atoms with Crippen LogP contribution in [0.15, 0.2) is 53.0 Å². The Morgan fingerprint density at radius 3 is 2.56 bits per heavy atom. The topological polar surface area (TPSA) is 35.7 Å². The molecule has 4 nitrogen and oxygen atoms in total. The van der Waals surface area contributed by atoms with E-state index in [0.29, 0.717) is 6.54 Å². The van der Waals surface area contributed by atoms with Gasteiger partial charge in [0, 0.05) is 15.8 Å². The average Bonchev–Trinajstić information content (AvgIpc) is 2.96. The molecule has 2 aromatic rings. The first-order valence-electron chi connectivity index (χ1n) is 8.23. The van der Waals surface area contributed by atoms with E-state index in [1.807, 2.05) is 60.3 Å². The van der Waals surface area contributed by atoms with Gasteiger partial charge in [0.05, 0.1) is 19.4 Å². The number of rotatable bonds is 3. The SMILES string of the molecule is COc1ccc([C@]2(O)C[N+]3=C(CSCC3)N2c2ccc(Br)cc2)cc1. The Hall–Kier alpha value is -1.50. The van der Waals surface area contributed by atoms with Crippen LogP contribution in [-0.2, 0) is 5.72 Å². The van der Waals surface area contributed by atoms with Crippen LogP contribution >= 0.6 is 27.7 Å². The first-order valence-corrected chi connectivity index (χ1v) is 10.2. The van der Waals surface area contributed by atoms with Crippen LogP contribution < -0.4 is 9.64 Å². The van der Waals surface area contributed by atoms with Crippen LogP contribution in [0.5, 0.6) is 5.75 Å². The van der Waals surface area contributed by atoms with Gasteiger partial charge in [-0.05, 0) is 48.5 Å². The lowest BCUT2D eigenvalue weighted by molar-refractivity contribution is -0.530. The molecule has 1 atom stereocenters. The summed E-state index contributed by atoms with van der Waals surface area (Å²) >= 11 is 5.41. The number of methoxy groups -OCH3 is 1. The molecule has 4 rings (SSSR count). The van der Waals surface area contributed by atoms with Gasteiger partial charge in [-0.2, -0.15) is 4.90 Å². The number of benzene rings is 2. The fourth-order valence-corrected chi connectivity index (χ4v) is 4.77. The molecular weight excluding hydrogens is 400 g/mol. The Bertz CT molecular complexity index is 807. The predicted octanol–water partition coefficient (Wildman–Crippen LogP) is 3.28. The first kappa shape index (κ1) is 16.9. The highest BCUT2D eigenvalue weighted by atomic mass is 79.9. The highest BCUT2D eigenvalue weighted by molar-refractivity contribution is 9.10. The lowest BCUT2D eigenvalue weighted by Gasteiger charge is -2.29. The number of amidine groups is 1. The van der Waals surface area contributed by atoms with Gasteiger partial charge in [0.1, 0.15) is 11.4 Å². The van der Waals surface area contributed by atoms with E-state index < -0.39 is 5.72 Å². The first-order chi connectivity index (χ1) is 12.1. The van der Waals surface area contributed by atoms with Gasteiger partial charge >= 0.3 is 0 Å². The quantitative estimate of drug-likeness (QED) is 0.774. The molecule has 0 radical (unpaired) electrons. The van der Waals surface area contributed by atoms with Crippen molar-refractivity contribution in [3.05, 3.63) is 58.6 Å². The van der Waals surface area contributed by atoms with Crippen molar-refractivity contribution >= 4 is 39.2 Å². The molecule has 2 heterocycles. The zero-order valence-electron chi connectivity index (χ0n) is 14.0. The Morgan fingerprint density at radius 2 is 1.88 bits per heavy atom. The molecule has 0 aliphatic carbocycles. The Balaban J connectivity index is 1.80. The number of thioether (sulfide) groups is 1. The number of hydrogen-bond donors (Lipinski definition) is 1. The highest BCUT2D eigenvalue weighted by Crippen LogP contribution is 2.38. The molecule has 25 heavy (non-hydrogen) atoms. The Morgan fingerprint density at radius 1 is 1.16 bits per heavy atom. The number of nitrogens with zero attached hydrogens (tertiary/aromatic N) is 2. The minimum atomic E-state index is -1.08. The number of hydrogen-bond acceptors (Lipinski definition) is 4. The van der Waals surface area contributed by atoms with Crippen LogP contribution in [0, 0.1) is 0 Å². The van der Waals surface area contributed by atoms with Crippen LogP contribution in [0.1, 0.15) is 5.56 Å². The van der Waals surface area contributed by atoms with Crippen LogP contribution in [0.4, 0.5) is 5.69 Å². The van der Waals surface area contributed by atoms with Crippen LogP contribution in [0.25, 0.3) is 0 Å². The van der Waals surface area contributed by atoms with Gasteiger partial charge in [-0.3, -0.25) is 4.58 Å². The third-order valence-corrected chi connectivity index (χ3v) is 6.24. The highest BCUT2D eigenvalue weighted by Gasteiger charge is 2.54. The maximum Gasteiger partial charge on any atom is 0.275 e. The minimum Gasteiger partial charge on any atom is -0.497 e. The number of aliphatic hydroxyl groups is 1. The smallest absolute Gasteiger partial charge is 0.275 e. The van der Waals surface area contributed by atoms with Crippen molar-refractivity contribution < 1.29 is 14.4 Å². The molecule has 2 aromatic carbocycles. The van der Waals surface area contributed by atoms with Gasteiger partial charge < -0.3 is 9.84 Å². The normalized spacial score (nSPS) is 22.9. The van der Waals surface area contributed by atoms with Gasteiger partial charge in [-0.25, -0.2) is 0 Å². The monoisotopic (exact) mass is 419 g/mol. The third kappa shape index (κ3) is 2.96. The Kier molecular flexibility index (Phi) is 4.52. The van der Waals surface area contributed by atoms with E-state index in [1.165, 1.54) is 5.84 Å². The predicted molar refractivity (Wildman–Crippen MR) is 106 cm³/mol. The molecule has 0 saturated carbocycles. The van der Waals surface area contributed by atoms with Gasteiger partial charge in [0.25, 0.3) is 11.6 Å². The molecule has 0 fully saturated rings. The number of ether oxygens (including phenoxy) is 1. The number of anilines is 1. The zero-order valence-corrected chi connectivity index (χ0v) is 16.4. The molecular formula is C19H20BrN2O2S+. The summed E-state index contributed by atoms with van der Waals surface area (Å²) in [4.78, 5) is 2.09. The molecule has 0 bridgehead atoms. The molecule has 130 valence electrons. The van der Waals surface area contributed by atoms with E-state index in [1.54, 1.807) is 7.11 Å². The van der Waals surface area contributed by atoms with Crippen molar-refractivity contribution in [1.29, 1.82) is 0 Å². The van der Waals surface area contributed by atoms with Crippen molar-refractivity contribution in [1.82, 2.24) is 0 Å². The van der Waals surface area contributed by atoms with E-state index in [4.69, 9.17) is 4.74 Å². The third-order valence-electron chi connectivity index (χ3n) is 4.78. The van der Waals surface area contributed by atoms with Crippen LogP contribution in [-0.4, -0.2) is 47.2 Å². The van der Waals surface area contributed by atoms with Gasteiger partial charge in [0.15, 0.2) is 6.54 Å². The summed E-state index contributed by atoms with van der Waals surface area (Å²) in [7, 11) is 1.65. The van der Waals surface area contributed by atoms with E-state index in [-0.39, 0.29) is 0 Å². The van der Waals surface area contributed by atoms with Crippen molar-refractivity contribution in [3.63, 3.8) is 0 Å². The summed E-state index contributed by atoms with van der Waals surface area (Å²) in [6, 6.07) is 15.9. The van der Waals surface area contributed by atoms with Gasteiger partial charge in [-0.1, -0.05) is 15.9 Å². The molecule has 0 saturated heterocycles. The fourth-order valence-electron chi connectivity index (χ4n) is 3.52. The van der Waals surface area contributed by atoms with Gasteiger partial charge in [-0.15, -0.1) is 11.8 Å². The molecule has 0 unspecified atom stereocenters. The molecule has 6 heteroatoms. The van der Waals surface area contributed by atoms with Crippen molar-refractivity contribution in [2.24, 2.45) is 0 Å². The maximum atomic E-state index is 11.7. The molecule has 0 amide bonds. The second kappa shape index (κ2) is 6.67. The van der Waals surface area contributed by atoms with Crippen molar-refractivity contribution in [2.75, 3.05) is 36.6 Å². The van der Waals surface area contributed by atoms with E-state index in [0.717, 1.165) is 39.5 Å². The van der Waals surface area contributed by atoms with E-state index >= 15 is 0 Å². The summed E-state index contributed by atoms with van der Waals surface area (Å²) < 4.78 is 8.60. The van der Waals surface area contributed by atoms with Crippen molar-refractivity contribution in [3.8, 4) is 5.75 Å². The van der Waals surface area contributed by atoms with Crippen LogP contribution in [0.3, 0.4) is 0 Å². The lowest BCUT2D eigenvalue weighted by atomic mass is 10.0. The minimum absolute atomic E-state index is 0.575. The van der Waals surface area contributed by atoms with E-state index in [9.17, 15) is 5.11 Å². The summed E-state index contributed by atoms with van der Waals surface area (Å²) in [5.74, 6) is 3.98. The second-order valence-corrected chi connectivity index (χ2v) is 8.27. The molecule has 0 aromatic heterocycles. The summed E-state index contributed by atoms with van der Waals surface area (Å²) in [6.07, 6.45) is 0. The van der Waals surface area contributed by atoms with Crippen LogP contribution in [0.2, 0.25) is 0 Å². The summed E-state index contributed by atoms with van der Waals surface area (Å²) in [6.45, 7) is 1.54. The fraction of sp³-hybridized carbons (Fsp3) is 0.316. The van der Waals surface area contributed by atoms with E-state index in [2.05, 4.69) is 25.4 Å². The largest absolute Gasteiger partial charge is 0.497 e. The maximum absolute atomic E-state index is 11.7. The molecule has 2 aliphatic heterocycles. The number of halogens is 1. The molecule has 0 spiro atoms. The zero-order chi connectivity index (χ0) is 17.4. The van der Waals surface area contributed by atoms with Gasteiger partial charge in [0.2, 0.25) is 0 Å². The Labute approximate surface area is 160 Å². The lowest BCUT2D eigenvalue weighted by Crippen LogP contribution is -2.48. The van der Waals surface area contributed by atoms with Crippen molar-refractivity contribution in [2.45, 2.75) is 5.72 Å². The summed E-state index contributed by atoms with van der Waals surface area (Å²) in [5.41, 5.74) is 0.796. The standard InChI is InChI=1S/C19H20BrN2O2S/c1-24-17-8-2-14(3-9-17)19(23)13-21-10-11-25-12-18(21)22(19)16-6-4-15(20)5-7-16/h2-9,23H,10-13H2,1H3/q+1/t19-/m1/s1. The molecule has 1 N–H and O–H groups in total. The summed E-state index contributed by atoms with van der Waals surface area (Å²) in [5, 5.41) is 11.7. The average molecular weight is 420 g/mol. The molecule has 2 aliphatic rings.